The second kappa shape index (κ2) is 6.01. The molecule has 0 saturated heterocycles. The van der Waals surface area contributed by atoms with E-state index in [0.29, 0.717) is 0 Å². The van der Waals surface area contributed by atoms with E-state index in [4.69, 9.17) is 22.4 Å². The average molecular weight is 288 g/mol. The lowest BCUT2D eigenvalue weighted by Gasteiger charge is -2.13. The molecule has 8 nitrogen and oxygen atoms in total. The van der Waals surface area contributed by atoms with Crippen LogP contribution in [0.3, 0.4) is 0 Å². The first-order valence-electron chi connectivity index (χ1n) is 5.03. The van der Waals surface area contributed by atoms with E-state index in [2.05, 4.69) is 0 Å². The minimum Gasteiger partial charge on any atom is -0.480 e. The second-order valence-corrected chi connectivity index (χ2v) is 4.01. The number of carboxylic acids is 1. The van der Waals surface area contributed by atoms with Gasteiger partial charge in [0.25, 0.3) is 5.69 Å². The molecular formula is C10H10ClN3O5. The number of hydrogen-bond donors (Lipinski definition) is 3. The van der Waals surface area contributed by atoms with Crippen molar-refractivity contribution in [2.75, 3.05) is 0 Å². The van der Waals surface area contributed by atoms with Crippen molar-refractivity contribution in [3.63, 3.8) is 0 Å². The number of nitrogens with zero attached hydrogens (tertiary/aromatic N) is 1. The number of hydrogen-bond acceptors (Lipinski definition) is 4. The van der Waals surface area contributed by atoms with Gasteiger partial charge in [0.2, 0.25) is 0 Å². The lowest BCUT2D eigenvalue weighted by Crippen LogP contribution is -2.45. The molecule has 102 valence electrons. The van der Waals surface area contributed by atoms with Crippen molar-refractivity contribution in [2.45, 2.75) is 12.5 Å². The van der Waals surface area contributed by atoms with Crippen LogP contribution in [-0.4, -0.2) is 28.1 Å². The number of aliphatic carboxylic acids is 1. The highest BCUT2D eigenvalue weighted by molar-refractivity contribution is 6.31. The first-order chi connectivity index (χ1) is 8.82. The van der Waals surface area contributed by atoms with Crippen LogP contribution < -0.4 is 11.1 Å². The molecule has 1 rings (SSSR count). The molecule has 9 heteroatoms. The van der Waals surface area contributed by atoms with Crippen molar-refractivity contribution in [3.8, 4) is 0 Å². The van der Waals surface area contributed by atoms with Crippen LogP contribution in [0.4, 0.5) is 10.5 Å². The smallest absolute Gasteiger partial charge is 0.326 e. The summed E-state index contributed by atoms with van der Waals surface area (Å²) in [5.74, 6) is -1.37. The van der Waals surface area contributed by atoms with Crippen LogP contribution in [0.2, 0.25) is 5.02 Å². The number of urea groups is 1. The Morgan fingerprint density at radius 2 is 2.16 bits per heavy atom. The molecule has 0 fully saturated rings. The minimum atomic E-state index is -1.39. The Bertz CT molecular complexity index is 534. The summed E-state index contributed by atoms with van der Waals surface area (Å²) in [5.41, 5.74) is 4.55. The zero-order valence-electron chi connectivity index (χ0n) is 9.50. The molecule has 19 heavy (non-hydrogen) atoms. The number of nitro benzene ring substituents is 1. The second-order valence-electron chi connectivity index (χ2n) is 3.60. The quantitative estimate of drug-likeness (QED) is 0.546. The van der Waals surface area contributed by atoms with Crippen LogP contribution in [-0.2, 0) is 11.2 Å². The number of rotatable bonds is 5. The van der Waals surface area contributed by atoms with Gasteiger partial charge in [-0.25, -0.2) is 9.59 Å². The Kier molecular flexibility index (Phi) is 4.65. The number of carbonyl (C=O) groups excluding carboxylic acids is 1. The summed E-state index contributed by atoms with van der Waals surface area (Å²) in [4.78, 5) is 31.8. The highest BCUT2D eigenvalue weighted by Gasteiger charge is 2.25. The van der Waals surface area contributed by atoms with Crippen LogP contribution >= 0.6 is 11.6 Å². The molecule has 0 aromatic heterocycles. The third kappa shape index (κ3) is 3.81. The predicted octanol–water partition coefficient (Wildman–Crippen LogP) is 0.912. The van der Waals surface area contributed by atoms with Gasteiger partial charge in [0, 0.05) is 12.5 Å². The molecule has 0 radical (unpaired) electrons. The molecule has 0 unspecified atom stereocenters. The molecule has 0 aliphatic heterocycles. The van der Waals surface area contributed by atoms with E-state index in [1.165, 1.54) is 18.2 Å². The maximum atomic E-state index is 10.9. The number of nitrogens with two attached hydrogens (primary N) is 1. The first-order valence-corrected chi connectivity index (χ1v) is 5.41. The molecule has 1 atom stereocenters. The van der Waals surface area contributed by atoms with Crippen molar-refractivity contribution in [2.24, 2.45) is 5.73 Å². The van der Waals surface area contributed by atoms with Gasteiger partial charge in [0.1, 0.15) is 6.04 Å². The van der Waals surface area contributed by atoms with E-state index in [1.54, 1.807) is 0 Å². The minimum absolute atomic E-state index is 0.0234. The Balaban J connectivity index is 3.11. The van der Waals surface area contributed by atoms with Gasteiger partial charge in [0.05, 0.1) is 15.5 Å². The summed E-state index contributed by atoms with van der Waals surface area (Å²) < 4.78 is 0. The van der Waals surface area contributed by atoms with Crippen molar-refractivity contribution in [1.29, 1.82) is 0 Å². The van der Waals surface area contributed by atoms with Gasteiger partial charge < -0.3 is 16.2 Å². The summed E-state index contributed by atoms with van der Waals surface area (Å²) in [5, 5.41) is 21.8. The first kappa shape index (κ1) is 14.7. The van der Waals surface area contributed by atoms with Gasteiger partial charge in [-0.2, -0.15) is 0 Å². The molecule has 0 aliphatic carbocycles. The van der Waals surface area contributed by atoms with Gasteiger partial charge >= 0.3 is 12.0 Å². The molecule has 0 heterocycles. The third-order valence-corrected chi connectivity index (χ3v) is 2.67. The summed E-state index contributed by atoms with van der Waals surface area (Å²) in [6, 6.07) is 1.54. The summed E-state index contributed by atoms with van der Waals surface area (Å²) >= 11 is 5.82. The number of carbonyl (C=O) groups is 2. The van der Waals surface area contributed by atoms with Crippen LogP contribution in [0.25, 0.3) is 0 Å². The largest absolute Gasteiger partial charge is 0.480 e. The number of halogens is 1. The number of benzene rings is 1. The summed E-state index contributed by atoms with van der Waals surface area (Å²) in [6.45, 7) is 0. The van der Waals surface area contributed by atoms with E-state index >= 15 is 0 Å². The Labute approximate surface area is 112 Å². The number of nitro groups is 1. The van der Waals surface area contributed by atoms with Crippen LogP contribution in [0.1, 0.15) is 5.56 Å². The standard InChI is InChI=1S/C10H10ClN3O5/c11-6-2-1-3-8(14(18)19)5(6)4-7(9(15)16)13-10(12)17/h1-3,7H,4H2,(H,15,16)(H3,12,13,17)/t7-/m0/s1. The SMILES string of the molecule is NC(=O)N[C@@H](Cc1c(Cl)cccc1[N+](=O)[O-])C(=O)O. The predicted molar refractivity (Wildman–Crippen MR) is 66.0 cm³/mol. The van der Waals surface area contributed by atoms with Gasteiger partial charge in [-0.15, -0.1) is 0 Å². The van der Waals surface area contributed by atoms with Gasteiger partial charge in [-0.05, 0) is 6.07 Å². The van der Waals surface area contributed by atoms with E-state index in [1.807, 2.05) is 5.32 Å². The number of primary amides is 1. The third-order valence-electron chi connectivity index (χ3n) is 2.31. The van der Waals surface area contributed by atoms with Crippen molar-refractivity contribution in [3.05, 3.63) is 38.9 Å². The fraction of sp³-hybridized carbons (Fsp3) is 0.200. The average Bonchev–Trinajstić information content (AvgIpc) is 2.29. The topological polar surface area (TPSA) is 136 Å². The Morgan fingerprint density at radius 3 is 2.63 bits per heavy atom. The zero-order chi connectivity index (χ0) is 14.6. The zero-order valence-corrected chi connectivity index (χ0v) is 10.3. The fourth-order valence-corrected chi connectivity index (χ4v) is 1.74. The molecule has 1 aromatic rings. The van der Waals surface area contributed by atoms with Gasteiger partial charge in [0.15, 0.2) is 0 Å². The molecule has 0 saturated carbocycles. The summed E-state index contributed by atoms with van der Waals surface area (Å²) in [6.07, 6.45) is -0.339. The molecule has 0 spiro atoms. The van der Waals surface area contributed by atoms with E-state index < -0.39 is 23.0 Å². The highest BCUT2D eigenvalue weighted by atomic mass is 35.5. The molecular weight excluding hydrogens is 278 g/mol. The molecule has 0 bridgehead atoms. The van der Waals surface area contributed by atoms with Crippen molar-refractivity contribution >= 4 is 29.3 Å². The van der Waals surface area contributed by atoms with E-state index in [-0.39, 0.29) is 22.7 Å². The monoisotopic (exact) mass is 287 g/mol. The maximum Gasteiger partial charge on any atom is 0.326 e. The normalized spacial score (nSPS) is 11.6. The molecule has 4 N–H and O–H groups in total. The van der Waals surface area contributed by atoms with Crippen molar-refractivity contribution < 1.29 is 19.6 Å². The number of carboxylic acid groups (broad SMARTS) is 1. The fourth-order valence-electron chi connectivity index (χ4n) is 1.50. The Hall–Kier alpha value is -2.35. The summed E-state index contributed by atoms with van der Waals surface area (Å²) in [7, 11) is 0. The number of nitrogens with one attached hydrogen (secondary N) is 1. The molecule has 1 aromatic carbocycles. The van der Waals surface area contributed by atoms with Crippen LogP contribution in [0.5, 0.6) is 0 Å². The van der Waals surface area contributed by atoms with E-state index in [9.17, 15) is 19.7 Å². The van der Waals surface area contributed by atoms with Gasteiger partial charge in [-0.1, -0.05) is 17.7 Å². The maximum absolute atomic E-state index is 10.9. The lowest BCUT2D eigenvalue weighted by molar-refractivity contribution is -0.385. The highest BCUT2D eigenvalue weighted by Crippen LogP contribution is 2.27. The number of amides is 2. The lowest BCUT2D eigenvalue weighted by atomic mass is 10.0. The van der Waals surface area contributed by atoms with Gasteiger partial charge in [-0.3, -0.25) is 10.1 Å². The molecule has 0 aliphatic rings. The van der Waals surface area contributed by atoms with E-state index in [0.717, 1.165) is 0 Å². The Morgan fingerprint density at radius 1 is 1.53 bits per heavy atom. The van der Waals surface area contributed by atoms with Crippen LogP contribution in [0.15, 0.2) is 18.2 Å². The molecule has 2 amide bonds. The van der Waals surface area contributed by atoms with Crippen LogP contribution in [0, 0.1) is 10.1 Å². The van der Waals surface area contributed by atoms with Crippen molar-refractivity contribution in [1.82, 2.24) is 5.32 Å².